The molecule has 0 bridgehead atoms. The molecular weight excluding hydrogens is 460 g/mol. The number of aliphatic hydroxyl groups excluding tert-OH is 1. The first-order valence-corrected chi connectivity index (χ1v) is 15.0. The molecule has 0 heterocycles. The van der Waals surface area contributed by atoms with Crippen molar-refractivity contribution in [2.75, 3.05) is 39.6 Å². The van der Waals surface area contributed by atoms with Crippen molar-refractivity contribution in [2.24, 2.45) is 0 Å². The van der Waals surface area contributed by atoms with Crippen LogP contribution in [0.4, 0.5) is 0 Å². The summed E-state index contributed by atoms with van der Waals surface area (Å²) in [6.45, 7) is 13.5. The van der Waals surface area contributed by atoms with E-state index in [4.69, 9.17) is 23.7 Å². The van der Waals surface area contributed by atoms with E-state index in [1.807, 2.05) is 0 Å². The Hall–Kier alpha value is -0.280. The van der Waals surface area contributed by atoms with Gasteiger partial charge in [-0.1, -0.05) is 66.7 Å². The third-order valence-electron chi connectivity index (χ3n) is 6.98. The van der Waals surface area contributed by atoms with Crippen molar-refractivity contribution >= 4 is 0 Å². The maximum atomic E-state index is 12.4. The van der Waals surface area contributed by atoms with Crippen LogP contribution in [0.5, 0.6) is 0 Å². The van der Waals surface area contributed by atoms with Crippen molar-refractivity contribution in [3.63, 3.8) is 0 Å². The van der Waals surface area contributed by atoms with Crippen LogP contribution in [-0.2, 0) is 23.7 Å². The Kier molecular flexibility index (Phi) is 19.4. The fourth-order valence-electron chi connectivity index (χ4n) is 4.74. The van der Waals surface area contributed by atoms with Crippen LogP contribution >= 0.6 is 0 Å². The van der Waals surface area contributed by atoms with Gasteiger partial charge in [-0.25, -0.2) is 0 Å². The number of unbranched alkanes of at least 4 members (excludes halogenated alkanes) is 5. The van der Waals surface area contributed by atoms with Gasteiger partial charge in [-0.05, 0) is 44.9 Å². The minimum Gasteiger partial charge on any atom is -0.396 e. The molecule has 0 saturated heterocycles. The van der Waals surface area contributed by atoms with Crippen molar-refractivity contribution < 1.29 is 33.9 Å². The van der Waals surface area contributed by atoms with E-state index in [0.717, 1.165) is 64.2 Å². The first kappa shape index (κ1) is 33.7. The van der Waals surface area contributed by atoms with Gasteiger partial charge in [0.2, 0.25) is 0 Å². The van der Waals surface area contributed by atoms with Gasteiger partial charge < -0.3 is 33.9 Å². The van der Waals surface area contributed by atoms with Gasteiger partial charge in [-0.3, -0.25) is 0 Å². The van der Waals surface area contributed by atoms with Gasteiger partial charge in [0.1, 0.15) is 36.1 Å². The SMILES string of the molecule is CCCCOC1C(OCCCC)C(OCCCC)C(O)(CCCO)[C@@H](OCCCC)C1OCCCC. The van der Waals surface area contributed by atoms with E-state index in [-0.39, 0.29) is 6.61 Å². The molecule has 0 spiro atoms. The van der Waals surface area contributed by atoms with Crippen LogP contribution in [0.1, 0.15) is 112 Å². The zero-order valence-corrected chi connectivity index (χ0v) is 24.1. The summed E-state index contributed by atoms with van der Waals surface area (Å²) in [6, 6.07) is 0. The molecule has 0 amide bonds. The Balaban J connectivity index is 3.49. The number of ether oxygens (including phenoxy) is 5. The van der Waals surface area contributed by atoms with Gasteiger partial charge in [0.05, 0.1) is 0 Å². The molecule has 0 radical (unpaired) electrons. The van der Waals surface area contributed by atoms with Gasteiger partial charge in [-0.2, -0.15) is 0 Å². The third-order valence-corrected chi connectivity index (χ3v) is 6.98. The van der Waals surface area contributed by atoms with Crippen LogP contribution in [0.3, 0.4) is 0 Å². The lowest BCUT2D eigenvalue weighted by atomic mass is 9.71. The molecule has 1 aliphatic rings. The lowest BCUT2D eigenvalue weighted by Gasteiger charge is -2.54. The maximum absolute atomic E-state index is 12.4. The number of rotatable bonds is 23. The summed E-state index contributed by atoms with van der Waals surface area (Å²) in [4.78, 5) is 0. The van der Waals surface area contributed by atoms with E-state index in [0.29, 0.717) is 45.9 Å². The Bertz CT molecular complexity index is 472. The summed E-state index contributed by atoms with van der Waals surface area (Å²) in [5, 5.41) is 22.1. The van der Waals surface area contributed by atoms with Gasteiger partial charge in [0, 0.05) is 39.6 Å². The summed E-state index contributed by atoms with van der Waals surface area (Å²) >= 11 is 0. The van der Waals surface area contributed by atoms with Crippen LogP contribution in [0.25, 0.3) is 0 Å². The lowest BCUT2D eigenvalue weighted by molar-refractivity contribution is -0.311. The van der Waals surface area contributed by atoms with Crippen LogP contribution in [0.2, 0.25) is 0 Å². The van der Waals surface area contributed by atoms with E-state index in [1.165, 1.54) is 0 Å². The van der Waals surface area contributed by atoms with Crippen LogP contribution < -0.4 is 0 Å². The second-order valence-corrected chi connectivity index (χ2v) is 10.2. The quantitative estimate of drug-likeness (QED) is 0.174. The fourth-order valence-corrected chi connectivity index (χ4v) is 4.74. The van der Waals surface area contributed by atoms with Crippen LogP contribution in [0, 0.1) is 0 Å². The minimum atomic E-state index is -1.36. The molecule has 0 aromatic carbocycles. The Morgan fingerprint density at radius 2 is 0.833 bits per heavy atom. The van der Waals surface area contributed by atoms with Gasteiger partial charge >= 0.3 is 0 Å². The van der Waals surface area contributed by atoms with E-state index in [1.54, 1.807) is 0 Å². The van der Waals surface area contributed by atoms with Gasteiger partial charge in [-0.15, -0.1) is 0 Å². The molecular formula is C29H58O7. The zero-order valence-electron chi connectivity index (χ0n) is 24.1. The zero-order chi connectivity index (χ0) is 26.7. The van der Waals surface area contributed by atoms with Crippen molar-refractivity contribution in [2.45, 2.75) is 148 Å². The Labute approximate surface area is 221 Å². The van der Waals surface area contributed by atoms with Crippen molar-refractivity contribution in [1.82, 2.24) is 0 Å². The average molecular weight is 519 g/mol. The molecule has 6 atom stereocenters. The molecule has 1 rings (SSSR count). The molecule has 5 unspecified atom stereocenters. The highest BCUT2D eigenvalue weighted by Crippen LogP contribution is 2.41. The predicted octanol–water partition coefficient (Wildman–Crippen LogP) is 5.43. The second kappa shape index (κ2) is 20.7. The fraction of sp³-hybridized carbons (Fsp3) is 1.00. The van der Waals surface area contributed by atoms with Gasteiger partial charge in [0.25, 0.3) is 0 Å². The monoisotopic (exact) mass is 518 g/mol. The van der Waals surface area contributed by atoms with E-state index in [9.17, 15) is 10.2 Å². The summed E-state index contributed by atoms with van der Waals surface area (Å²) in [7, 11) is 0. The first-order valence-electron chi connectivity index (χ1n) is 15.0. The normalized spacial score (nSPS) is 28.6. The second-order valence-electron chi connectivity index (χ2n) is 10.2. The Morgan fingerprint density at radius 1 is 0.500 bits per heavy atom. The highest BCUT2D eigenvalue weighted by molar-refractivity contribution is 5.11. The summed E-state index contributed by atoms with van der Waals surface area (Å²) in [6.07, 6.45) is 7.82. The Morgan fingerprint density at radius 3 is 1.17 bits per heavy atom. The first-order chi connectivity index (χ1) is 17.5. The number of hydrogen-bond donors (Lipinski definition) is 2. The molecule has 0 aromatic heterocycles. The van der Waals surface area contributed by atoms with Crippen LogP contribution in [-0.4, -0.2) is 86.0 Å². The average Bonchev–Trinajstić information content (AvgIpc) is 2.88. The van der Waals surface area contributed by atoms with E-state index >= 15 is 0 Å². The molecule has 1 saturated carbocycles. The van der Waals surface area contributed by atoms with Crippen molar-refractivity contribution in [3.05, 3.63) is 0 Å². The molecule has 7 nitrogen and oxygen atoms in total. The van der Waals surface area contributed by atoms with E-state index < -0.39 is 36.1 Å². The summed E-state index contributed by atoms with van der Waals surface area (Å²) < 4.78 is 32.4. The minimum absolute atomic E-state index is 0.00911. The van der Waals surface area contributed by atoms with Gasteiger partial charge in [0.15, 0.2) is 0 Å². The molecule has 36 heavy (non-hydrogen) atoms. The van der Waals surface area contributed by atoms with Crippen molar-refractivity contribution in [1.29, 1.82) is 0 Å². The molecule has 0 aromatic rings. The molecule has 1 aliphatic carbocycles. The molecule has 0 aliphatic heterocycles. The molecule has 1 fully saturated rings. The topological polar surface area (TPSA) is 86.6 Å². The predicted molar refractivity (Wildman–Crippen MR) is 145 cm³/mol. The molecule has 7 heteroatoms. The third kappa shape index (κ3) is 10.8. The summed E-state index contributed by atoms with van der Waals surface area (Å²) in [5.74, 6) is 0. The molecule has 2 N–H and O–H groups in total. The number of hydrogen-bond acceptors (Lipinski definition) is 7. The standard InChI is InChI=1S/C29H58O7/c1-6-11-19-32-24-25(33-20-12-7-2)27(35-22-14-9-4)29(31,17-16-18-30)28(36-23-15-10-5)26(24)34-21-13-8-3/h24-28,30-31H,6-23H2,1-5H3/t24?,25?,26?,27-,28?,29?/m0/s1. The van der Waals surface area contributed by atoms with E-state index in [2.05, 4.69) is 34.6 Å². The van der Waals surface area contributed by atoms with Crippen LogP contribution in [0.15, 0.2) is 0 Å². The maximum Gasteiger partial charge on any atom is 0.122 e. The van der Waals surface area contributed by atoms with Crippen molar-refractivity contribution in [3.8, 4) is 0 Å². The smallest absolute Gasteiger partial charge is 0.122 e. The summed E-state index contributed by atoms with van der Waals surface area (Å²) in [5.41, 5.74) is -1.36. The highest BCUT2D eigenvalue weighted by Gasteiger charge is 2.61. The largest absolute Gasteiger partial charge is 0.396 e. The molecule has 216 valence electrons. The number of aliphatic hydroxyl groups is 2. The highest BCUT2D eigenvalue weighted by atomic mass is 16.6. The lowest BCUT2D eigenvalue weighted by Crippen LogP contribution is -2.73.